The van der Waals surface area contributed by atoms with Gasteiger partial charge in [0.15, 0.2) is 0 Å². The third-order valence-electron chi connectivity index (χ3n) is 13.8. The molecule has 2 atom stereocenters. The third-order valence-corrected chi connectivity index (χ3v) is 13.8. The Morgan fingerprint density at radius 3 is 1.14 bits per heavy atom. The lowest BCUT2D eigenvalue weighted by molar-refractivity contribution is -0.143. The molecule has 0 saturated carbocycles. The van der Waals surface area contributed by atoms with Gasteiger partial charge in [-0.3, -0.25) is 9.59 Å². The first-order valence-electron chi connectivity index (χ1n) is 30.6. The number of carbonyl (C=O) groups excluding carboxylic acids is 2. The van der Waals surface area contributed by atoms with E-state index >= 15 is 0 Å². The van der Waals surface area contributed by atoms with Crippen molar-refractivity contribution in [3.8, 4) is 0 Å². The Hall–Kier alpha value is -2.44. The van der Waals surface area contributed by atoms with E-state index in [9.17, 15) is 19.8 Å². The minimum atomic E-state index is -0.882. The van der Waals surface area contributed by atoms with Gasteiger partial charge in [-0.2, -0.15) is 0 Å². The molecule has 408 valence electrons. The minimum Gasteiger partial charge on any atom is -0.466 e. The van der Waals surface area contributed by atoms with E-state index in [2.05, 4.69) is 61.7 Å². The maximum absolute atomic E-state index is 12.5. The molecule has 0 rings (SSSR count). The maximum Gasteiger partial charge on any atom is 0.305 e. The van der Waals surface area contributed by atoms with E-state index in [1.54, 1.807) is 6.08 Å². The zero-order chi connectivity index (χ0) is 50.7. The Bertz CT molecular complexity index is 1220. The van der Waals surface area contributed by atoms with Gasteiger partial charge in [0.2, 0.25) is 5.91 Å². The molecule has 6 heteroatoms. The summed E-state index contributed by atoms with van der Waals surface area (Å²) in [5, 5.41) is 23.1. The Balaban J connectivity index is 3.57. The van der Waals surface area contributed by atoms with Gasteiger partial charge >= 0.3 is 5.97 Å². The van der Waals surface area contributed by atoms with E-state index in [0.717, 1.165) is 57.8 Å². The Morgan fingerprint density at radius 1 is 0.400 bits per heavy atom. The summed E-state index contributed by atoms with van der Waals surface area (Å²) in [7, 11) is 0. The van der Waals surface area contributed by atoms with Crippen molar-refractivity contribution in [1.82, 2.24) is 5.32 Å². The predicted molar refractivity (Wildman–Crippen MR) is 305 cm³/mol. The van der Waals surface area contributed by atoms with E-state index in [-0.39, 0.29) is 18.5 Å². The predicted octanol–water partition coefficient (Wildman–Crippen LogP) is 19.1. The second kappa shape index (κ2) is 59.1. The second-order valence-electron chi connectivity index (χ2n) is 20.7. The lowest BCUT2D eigenvalue weighted by atomic mass is 10.0. The molecule has 70 heavy (non-hydrogen) atoms. The van der Waals surface area contributed by atoms with Crippen molar-refractivity contribution in [1.29, 1.82) is 0 Å². The molecule has 3 N–H and O–H groups in total. The van der Waals surface area contributed by atoms with Gasteiger partial charge in [-0.15, -0.1) is 0 Å². The molecule has 0 aliphatic heterocycles. The average molecular weight is 981 g/mol. The number of ether oxygens (including phenoxy) is 1. The number of allylic oxidation sites excluding steroid dienone is 9. The fourth-order valence-electron chi connectivity index (χ4n) is 9.07. The highest BCUT2D eigenvalue weighted by Crippen LogP contribution is 2.17. The molecule has 0 bridgehead atoms. The molecular formula is C64H117NO5. The van der Waals surface area contributed by atoms with E-state index in [4.69, 9.17) is 4.74 Å². The van der Waals surface area contributed by atoms with E-state index < -0.39 is 12.1 Å². The first kappa shape index (κ1) is 67.6. The summed E-state index contributed by atoms with van der Waals surface area (Å²) < 4.78 is 5.46. The van der Waals surface area contributed by atoms with Crippen LogP contribution in [0.5, 0.6) is 0 Å². The minimum absolute atomic E-state index is 0.0264. The van der Waals surface area contributed by atoms with Crippen molar-refractivity contribution >= 4 is 11.9 Å². The van der Waals surface area contributed by atoms with Crippen LogP contribution in [0.15, 0.2) is 60.8 Å². The Kier molecular flexibility index (Phi) is 57.1. The fraction of sp³-hybridized carbons (Fsp3) is 0.812. The van der Waals surface area contributed by atoms with Crippen LogP contribution in [-0.4, -0.2) is 47.4 Å². The van der Waals surface area contributed by atoms with Gasteiger partial charge in [-0.25, -0.2) is 0 Å². The summed E-state index contributed by atoms with van der Waals surface area (Å²) in [6, 6.07) is -0.675. The number of aliphatic hydroxyl groups excluding tert-OH is 2. The standard InChI is InChI=1S/C64H117NO5/c1-3-5-7-9-11-13-15-17-19-21-22-23-24-25-26-28-29-32-36-40-44-48-52-56-62(67)61(60-66)65-63(68)57-53-49-45-41-37-33-31-35-39-43-47-51-55-59-70-64(69)58-54-50-46-42-38-34-30-27-20-18-16-14-12-10-8-6-4-2/h12,14,18,20,33,37,45,49,52,56,61-62,66-67H,3-11,13,15-17,19,21-32,34-36,38-44,46-48,50-51,53-55,57-60H2,1-2H3,(H,65,68)/b14-12-,20-18-,37-33-,49-45-,56-52+. The van der Waals surface area contributed by atoms with Gasteiger partial charge in [0.1, 0.15) is 0 Å². The first-order chi connectivity index (χ1) is 34.5. The summed E-state index contributed by atoms with van der Waals surface area (Å²) in [5.74, 6) is -0.174. The molecule has 0 radical (unpaired) electrons. The lowest BCUT2D eigenvalue weighted by Crippen LogP contribution is -2.45. The summed E-state index contributed by atoms with van der Waals surface area (Å²) in [6.07, 6.45) is 76.9. The Labute approximate surface area is 435 Å². The van der Waals surface area contributed by atoms with Gasteiger partial charge < -0.3 is 20.3 Å². The van der Waals surface area contributed by atoms with E-state index in [0.29, 0.717) is 25.9 Å². The molecule has 0 aromatic heterocycles. The van der Waals surface area contributed by atoms with Crippen molar-refractivity contribution < 1.29 is 24.5 Å². The number of aliphatic hydroxyl groups is 2. The number of amides is 1. The number of nitrogens with one attached hydrogen (secondary N) is 1. The average Bonchev–Trinajstić information content (AvgIpc) is 3.36. The number of unbranched alkanes of at least 4 members (excludes halogenated alkanes) is 37. The SMILES string of the molecule is CCCCC/C=C\C/C=C\CCCCCCCCCC(=O)OCCCCCCCC/C=C\C/C=C\CCC(=O)NC(CO)C(O)/C=C/CCCCCCCCCCCCCCCCCCCCCCC. The molecule has 0 heterocycles. The molecule has 0 aromatic rings. The van der Waals surface area contributed by atoms with Gasteiger partial charge in [0.25, 0.3) is 0 Å². The number of hydrogen-bond donors (Lipinski definition) is 3. The molecule has 0 aromatic carbocycles. The highest BCUT2D eigenvalue weighted by molar-refractivity contribution is 5.76. The lowest BCUT2D eigenvalue weighted by Gasteiger charge is -2.19. The van der Waals surface area contributed by atoms with E-state index in [1.807, 2.05) is 12.2 Å². The largest absolute Gasteiger partial charge is 0.466 e. The van der Waals surface area contributed by atoms with Gasteiger partial charge in [-0.05, 0) is 83.5 Å². The maximum atomic E-state index is 12.5. The molecule has 0 fully saturated rings. The summed E-state index contributed by atoms with van der Waals surface area (Å²) in [4.78, 5) is 24.5. The van der Waals surface area contributed by atoms with Crippen LogP contribution in [0.3, 0.4) is 0 Å². The molecule has 0 aliphatic carbocycles. The monoisotopic (exact) mass is 980 g/mol. The quantitative estimate of drug-likeness (QED) is 0.0321. The van der Waals surface area contributed by atoms with Crippen molar-refractivity contribution in [3.63, 3.8) is 0 Å². The van der Waals surface area contributed by atoms with Gasteiger partial charge in [-0.1, -0.05) is 274 Å². The summed E-state index contributed by atoms with van der Waals surface area (Å²) >= 11 is 0. The summed E-state index contributed by atoms with van der Waals surface area (Å²) in [5.41, 5.74) is 0. The summed E-state index contributed by atoms with van der Waals surface area (Å²) in [6.45, 7) is 4.82. The molecule has 1 amide bonds. The highest BCUT2D eigenvalue weighted by Gasteiger charge is 2.17. The highest BCUT2D eigenvalue weighted by atomic mass is 16.5. The normalized spacial score (nSPS) is 13.0. The van der Waals surface area contributed by atoms with Crippen molar-refractivity contribution in [3.05, 3.63) is 60.8 Å². The van der Waals surface area contributed by atoms with Crippen LogP contribution in [-0.2, 0) is 14.3 Å². The number of esters is 1. The first-order valence-corrected chi connectivity index (χ1v) is 30.6. The number of hydrogen-bond acceptors (Lipinski definition) is 5. The van der Waals surface area contributed by atoms with E-state index in [1.165, 1.54) is 218 Å². The third kappa shape index (κ3) is 54.9. The molecule has 2 unspecified atom stereocenters. The zero-order valence-corrected chi connectivity index (χ0v) is 46.5. The van der Waals surface area contributed by atoms with Crippen molar-refractivity contribution in [2.45, 2.75) is 321 Å². The number of carbonyl (C=O) groups is 2. The van der Waals surface area contributed by atoms with Gasteiger partial charge in [0, 0.05) is 12.8 Å². The van der Waals surface area contributed by atoms with Gasteiger partial charge in [0.05, 0.1) is 25.4 Å². The fourth-order valence-corrected chi connectivity index (χ4v) is 9.07. The van der Waals surface area contributed by atoms with Crippen LogP contribution in [0.4, 0.5) is 0 Å². The van der Waals surface area contributed by atoms with Crippen LogP contribution in [0.2, 0.25) is 0 Å². The smallest absolute Gasteiger partial charge is 0.305 e. The van der Waals surface area contributed by atoms with Crippen LogP contribution in [0, 0.1) is 0 Å². The molecule has 0 saturated heterocycles. The molecular weight excluding hydrogens is 863 g/mol. The second-order valence-corrected chi connectivity index (χ2v) is 20.7. The van der Waals surface area contributed by atoms with Crippen LogP contribution in [0.1, 0.15) is 309 Å². The van der Waals surface area contributed by atoms with Crippen molar-refractivity contribution in [2.24, 2.45) is 0 Å². The van der Waals surface area contributed by atoms with Crippen LogP contribution < -0.4 is 5.32 Å². The molecule has 0 spiro atoms. The topological polar surface area (TPSA) is 95.9 Å². The zero-order valence-electron chi connectivity index (χ0n) is 46.5. The molecule has 0 aliphatic rings. The van der Waals surface area contributed by atoms with Crippen molar-refractivity contribution in [2.75, 3.05) is 13.2 Å². The van der Waals surface area contributed by atoms with Crippen LogP contribution in [0.25, 0.3) is 0 Å². The van der Waals surface area contributed by atoms with Crippen LogP contribution >= 0.6 is 0 Å². The Morgan fingerprint density at radius 2 is 0.729 bits per heavy atom. The number of rotatable bonds is 56. The molecule has 6 nitrogen and oxygen atoms in total.